The van der Waals surface area contributed by atoms with Gasteiger partial charge in [-0.1, -0.05) is 56.7 Å². The van der Waals surface area contributed by atoms with E-state index in [9.17, 15) is 4.79 Å². The summed E-state index contributed by atoms with van der Waals surface area (Å²) in [5, 5.41) is 7.97. The summed E-state index contributed by atoms with van der Waals surface area (Å²) in [4.78, 5) is 12.1. The number of hydrogen-bond donors (Lipinski definition) is 1. The van der Waals surface area contributed by atoms with E-state index in [2.05, 4.69) is 26.3 Å². The third kappa shape index (κ3) is 5.15. The highest BCUT2D eigenvalue weighted by molar-refractivity contribution is 9.10. The summed E-state index contributed by atoms with van der Waals surface area (Å²) in [6, 6.07) is 14.7. The Labute approximate surface area is 171 Å². The van der Waals surface area contributed by atoms with Crippen molar-refractivity contribution in [2.75, 3.05) is 11.1 Å². The van der Waals surface area contributed by atoms with Crippen LogP contribution in [0, 0.1) is 3.95 Å². The molecular weight excluding hydrogens is 462 g/mol. The van der Waals surface area contributed by atoms with Gasteiger partial charge in [-0.3, -0.25) is 4.79 Å². The van der Waals surface area contributed by atoms with Crippen LogP contribution < -0.4 is 5.32 Å². The average Bonchev–Trinajstić information content (AvgIpc) is 2.95. The molecule has 0 radical (unpaired) electrons. The van der Waals surface area contributed by atoms with Crippen molar-refractivity contribution < 1.29 is 4.79 Å². The quantitative estimate of drug-likeness (QED) is 0.376. The zero-order chi connectivity index (χ0) is 17.8. The van der Waals surface area contributed by atoms with Crippen LogP contribution in [-0.2, 0) is 4.79 Å². The first kappa shape index (κ1) is 18.6. The summed E-state index contributed by atoms with van der Waals surface area (Å²) in [5.74, 6) is 0.164. The number of aromatic nitrogens is 2. The van der Waals surface area contributed by atoms with Crippen molar-refractivity contribution in [3.05, 3.63) is 62.0 Å². The van der Waals surface area contributed by atoms with E-state index in [0.29, 0.717) is 8.98 Å². The van der Waals surface area contributed by atoms with Crippen LogP contribution in [0.15, 0.2) is 57.3 Å². The number of carbonyl (C=O) groups is 1. The Balaban J connectivity index is 1.64. The molecule has 9 heteroatoms. The normalized spacial score (nSPS) is 10.6. The Morgan fingerprint density at radius 2 is 2.08 bits per heavy atom. The molecule has 128 valence electrons. The number of halogens is 2. The predicted octanol–water partition coefficient (Wildman–Crippen LogP) is 5.81. The maximum absolute atomic E-state index is 12.1. The first-order chi connectivity index (χ1) is 12.0. The Kier molecular flexibility index (Phi) is 6.29. The minimum absolute atomic E-state index is 0.0951. The van der Waals surface area contributed by atoms with Gasteiger partial charge in [0.2, 0.25) is 5.91 Å². The number of nitrogens with one attached hydrogen (secondary N) is 1. The fourth-order valence-electron chi connectivity index (χ4n) is 1.96. The third-order valence-corrected chi connectivity index (χ3v) is 6.15. The van der Waals surface area contributed by atoms with E-state index < -0.39 is 0 Å². The van der Waals surface area contributed by atoms with Crippen molar-refractivity contribution in [1.82, 2.24) is 9.78 Å². The van der Waals surface area contributed by atoms with Crippen LogP contribution in [0.3, 0.4) is 0 Å². The van der Waals surface area contributed by atoms with Crippen LogP contribution in [0.25, 0.3) is 5.69 Å². The number of rotatable bonds is 5. The van der Waals surface area contributed by atoms with Gasteiger partial charge < -0.3 is 5.32 Å². The van der Waals surface area contributed by atoms with Crippen LogP contribution >= 0.6 is 62.8 Å². The van der Waals surface area contributed by atoms with Crippen molar-refractivity contribution >= 4 is 74.4 Å². The molecule has 3 aromatic rings. The molecular formula is C16H11BrClN3OS3. The summed E-state index contributed by atoms with van der Waals surface area (Å²) in [7, 11) is 0. The van der Waals surface area contributed by atoms with Gasteiger partial charge in [0.05, 0.1) is 11.4 Å². The predicted molar refractivity (Wildman–Crippen MR) is 111 cm³/mol. The van der Waals surface area contributed by atoms with Crippen LogP contribution in [-0.4, -0.2) is 21.4 Å². The van der Waals surface area contributed by atoms with Crippen LogP contribution in [0.5, 0.6) is 0 Å². The molecule has 1 N–H and O–H groups in total. The fourth-order valence-corrected chi connectivity index (χ4v) is 4.64. The second-order valence-corrected chi connectivity index (χ2v) is 9.07. The summed E-state index contributed by atoms with van der Waals surface area (Å²) in [6.45, 7) is 0. The summed E-state index contributed by atoms with van der Waals surface area (Å²) >= 11 is 17.4. The molecule has 3 rings (SSSR count). The molecule has 1 heterocycles. The molecule has 0 unspecified atom stereocenters. The number of anilines is 1. The number of hydrogen-bond acceptors (Lipinski definition) is 5. The van der Waals surface area contributed by atoms with Gasteiger partial charge in [0.15, 0.2) is 8.29 Å². The molecule has 0 fully saturated rings. The molecule has 0 aliphatic rings. The molecule has 0 spiro atoms. The van der Waals surface area contributed by atoms with Gasteiger partial charge in [-0.2, -0.15) is 0 Å². The fraction of sp³-hybridized carbons (Fsp3) is 0.0625. The minimum Gasteiger partial charge on any atom is -0.325 e. The Morgan fingerprint density at radius 1 is 1.32 bits per heavy atom. The monoisotopic (exact) mass is 471 g/mol. The van der Waals surface area contributed by atoms with Crippen LogP contribution in [0.2, 0.25) is 5.02 Å². The largest absolute Gasteiger partial charge is 0.325 e. The second kappa shape index (κ2) is 8.46. The van der Waals surface area contributed by atoms with E-state index in [-0.39, 0.29) is 11.7 Å². The lowest BCUT2D eigenvalue weighted by Crippen LogP contribution is -2.13. The topological polar surface area (TPSA) is 46.9 Å². The summed E-state index contributed by atoms with van der Waals surface area (Å²) in [6.07, 6.45) is 0. The van der Waals surface area contributed by atoms with E-state index in [1.807, 2.05) is 36.4 Å². The zero-order valence-corrected chi connectivity index (χ0v) is 17.4. The lowest BCUT2D eigenvalue weighted by atomic mass is 10.3. The molecule has 0 atom stereocenters. The third-order valence-electron chi connectivity index (χ3n) is 3.04. The van der Waals surface area contributed by atoms with E-state index >= 15 is 0 Å². The number of amides is 1. The molecule has 0 aliphatic carbocycles. The first-order valence-electron chi connectivity index (χ1n) is 7.05. The number of carbonyl (C=O) groups excluding carboxylic acids is 1. The SMILES string of the molecule is O=C(CSc1nn(-c2ccc(Cl)cc2)c(=S)s1)Nc1cccc(Br)c1. The van der Waals surface area contributed by atoms with Crippen molar-refractivity contribution in [3.8, 4) is 5.69 Å². The summed E-state index contributed by atoms with van der Waals surface area (Å²) in [5.41, 5.74) is 1.59. The van der Waals surface area contributed by atoms with E-state index in [1.165, 1.54) is 23.1 Å². The van der Waals surface area contributed by atoms with Crippen molar-refractivity contribution in [1.29, 1.82) is 0 Å². The smallest absolute Gasteiger partial charge is 0.234 e. The Bertz CT molecular complexity index is 956. The molecule has 2 aromatic carbocycles. The van der Waals surface area contributed by atoms with E-state index in [1.54, 1.807) is 16.8 Å². The maximum atomic E-state index is 12.1. The molecule has 0 aliphatic heterocycles. The lowest BCUT2D eigenvalue weighted by Gasteiger charge is -2.04. The van der Waals surface area contributed by atoms with Crippen molar-refractivity contribution in [2.45, 2.75) is 4.34 Å². The van der Waals surface area contributed by atoms with Crippen molar-refractivity contribution in [2.24, 2.45) is 0 Å². The highest BCUT2D eigenvalue weighted by atomic mass is 79.9. The van der Waals surface area contributed by atoms with Gasteiger partial charge >= 0.3 is 0 Å². The van der Waals surface area contributed by atoms with Crippen LogP contribution in [0.1, 0.15) is 0 Å². The van der Waals surface area contributed by atoms with Gasteiger partial charge in [0.25, 0.3) is 0 Å². The van der Waals surface area contributed by atoms with Crippen LogP contribution in [0.4, 0.5) is 5.69 Å². The van der Waals surface area contributed by atoms with Gasteiger partial charge in [-0.25, -0.2) is 4.68 Å². The summed E-state index contributed by atoms with van der Waals surface area (Å²) < 4.78 is 3.95. The molecule has 4 nitrogen and oxygen atoms in total. The Morgan fingerprint density at radius 3 is 2.80 bits per heavy atom. The lowest BCUT2D eigenvalue weighted by molar-refractivity contribution is -0.113. The highest BCUT2D eigenvalue weighted by Crippen LogP contribution is 2.25. The van der Waals surface area contributed by atoms with E-state index in [0.717, 1.165) is 20.2 Å². The van der Waals surface area contributed by atoms with Gasteiger partial charge in [-0.05, 0) is 54.7 Å². The van der Waals surface area contributed by atoms with Crippen molar-refractivity contribution in [3.63, 3.8) is 0 Å². The standard InChI is InChI=1S/C16H11BrClN3OS3/c17-10-2-1-3-12(8-10)19-14(22)9-24-15-20-21(16(23)25-15)13-6-4-11(18)5-7-13/h1-8H,9H2,(H,19,22). The van der Waals surface area contributed by atoms with E-state index in [4.69, 9.17) is 23.8 Å². The molecule has 25 heavy (non-hydrogen) atoms. The number of nitrogens with zero attached hydrogens (tertiary/aromatic N) is 2. The molecule has 1 aromatic heterocycles. The average molecular weight is 473 g/mol. The second-order valence-electron chi connectivity index (χ2n) is 4.87. The van der Waals surface area contributed by atoms with Gasteiger partial charge in [-0.15, -0.1) is 5.10 Å². The molecule has 1 amide bonds. The minimum atomic E-state index is -0.0951. The molecule has 0 saturated carbocycles. The maximum Gasteiger partial charge on any atom is 0.234 e. The Hall–Kier alpha value is -1.19. The zero-order valence-electron chi connectivity index (χ0n) is 12.6. The molecule has 0 saturated heterocycles. The number of benzene rings is 2. The van der Waals surface area contributed by atoms with Gasteiger partial charge in [0, 0.05) is 15.2 Å². The first-order valence-corrected chi connectivity index (χ1v) is 10.4. The van der Waals surface area contributed by atoms with Gasteiger partial charge in [0.1, 0.15) is 0 Å². The molecule has 0 bridgehead atoms. The highest BCUT2D eigenvalue weighted by Gasteiger charge is 2.10. The number of thioether (sulfide) groups is 1.